The van der Waals surface area contributed by atoms with Crippen molar-refractivity contribution in [2.24, 2.45) is 0 Å². The lowest BCUT2D eigenvalue weighted by molar-refractivity contribution is 1.24. The van der Waals surface area contributed by atoms with Gasteiger partial charge in [0.15, 0.2) is 0 Å². The van der Waals surface area contributed by atoms with Gasteiger partial charge in [0.05, 0.1) is 0 Å². The van der Waals surface area contributed by atoms with Gasteiger partial charge < -0.3 is 19.6 Å². The van der Waals surface area contributed by atoms with Gasteiger partial charge in [-0.3, -0.25) is 0 Å². The molecule has 9 aromatic carbocycles. The third-order valence-corrected chi connectivity index (χ3v) is 16.7. The highest BCUT2D eigenvalue weighted by molar-refractivity contribution is 7.16. The second kappa shape index (κ2) is 21.6. The number of para-hydroxylation sites is 3. The largest absolute Gasteiger partial charge is 0.311 e. The van der Waals surface area contributed by atoms with Crippen molar-refractivity contribution in [2.45, 2.75) is 20.8 Å². The Morgan fingerprint density at radius 3 is 0.526 bits per heavy atom. The van der Waals surface area contributed by atoms with Crippen LogP contribution in [0.3, 0.4) is 0 Å². The first-order valence-corrected chi connectivity index (χ1v) is 28.0. The zero-order chi connectivity index (χ0) is 51.4. The summed E-state index contributed by atoms with van der Waals surface area (Å²) in [6.45, 7) is 6.49. The van der Waals surface area contributed by atoms with Gasteiger partial charge in [0.2, 0.25) is 0 Å². The average molecular weight is 1040 g/mol. The molecule has 12 rings (SSSR count). The fraction of sp³-hybridized carbons (Fsp3) is 0.0435. The molecule has 0 unspecified atom stereocenters. The lowest BCUT2D eigenvalue weighted by atomic mass is 10.1. The fourth-order valence-corrected chi connectivity index (χ4v) is 12.5. The Balaban J connectivity index is 0.926. The normalized spacial score (nSPS) is 11.1. The van der Waals surface area contributed by atoms with E-state index in [1.165, 1.54) is 46.0 Å². The summed E-state index contributed by atoms with van der Waals surface area (Å²) in [7, 11) is 0. The molecule has 76 heavy (non-hydrogen) atoms. The summed E-state index contributed by atoms with van der Waals surface area (Å²) >= 11 is 5.48. The zero-order valence-corrected chi connectivity index (χ0v) is 44.9. The van der Waals surface area contributed by atoms with Gasteiger partial charge in [-0.15, -0.1) is 34.0 Å². The molecule has 0 N–H and O–H groups in total. The molecule has 368 valence electrons. The van der Waals surface area contributed by atoms with E-state index in [0.29, 0.717) is 0 Å². The van der Waals surface area contributed by atoms with Gasteiger partial charge in [0.25, 0.3) is 0 Å². The van der Waals surface area contributed by atoms with Crippen LogP contribution in [0.1, 0.15) is 14.6 Å². The maximum Gasteiger partial charge on any atom is 0.0463 e. The van der Waals surface area contributed by atoms with E-state index < -0.39 is 0 Å². The third-order valence-electron chi connectivity index (χ3n) is 13.6. The first-order valence-electron chi connectivity index (χ1n) is 25.6. The first kappa shape index (κ1) is 48.2. The molecule has 7 heteroatoms. The van der Waals surface area contributed by atoms with E-state index in [2.05, 4.69) is 313 Å². The molecule has 3 heterocycles. The van der Waals surface area contributed by atoms with E-state index in [4.69, 9.17) is 0 Å². The molecule has 4 nitrogen and oxygen atoms in total. The first-order chi connectivity index (χ1) is 37.4. The van der Waals surface area contributed by atoms with Crippen LogP contribution in [0.25, 0.3) is 31.3 Å². The Kier molecular flexibility index (Phi) is 13.7. The number of anilines is 12. The molecule has 0 aliphatic carbocycles. The summed E-state index contributed by atoms with van der Waals surface area (Å²) in [5.74, 6) is 0. The maximum atomic E-state index is 2.36. The van der Waals surface area contributed by atoms with E-state index in [9.17, 15) is 0 Å². The summed E-state index contributed by atoms with van der Waals surface area (Å²) in [4.78, 5) is 17.1. The summed E-state index contributed by atoms with van der Waals surface area (Å²) < 4.78 is 0. The van der Waals surface area contributed by atoms with Crippen molar-refractivity contribution in [2.75, 3.05) is 19.6 Å². The van der Waals surface area contributed by atoms with Gasteiger partial charge in [0.1, 0.15) is 0 Å². The predicted octanol–water partition coefficient (Wildman–Crippen LogP) is 21.7. The van der Waals surface area contributed by atoms with Crippen molar-refractivity contribution >= 4 is 102 Å². The van der Waals surface area contributed by atoms with Crippen molar-refractivity contribution in [3.8, 4) is 31.3 Å². The fourth-order valence-electron chi connectivity index (χ4n) is 9.87. The van der Waals surface area contributed by atoms with Crippen LogP contribution in [0, 0.1) is 20.8 Å². The minimum Gasteiger partial charge on any atom is -0.311 e. The Morgan fingerprint density at radius 2 is 0.355 bits per heavy atom. The topological polar surface area (TPSA) is 13.0 Å². The Hall–Kier alpha value is -8.72. The minimum atomic E-state index is 1.04. The monoisotopic (exact) mass is 1030 g/mol. The summed E-state index contributed by atoms with van der Waals surface area (Å²) in [5, 5.41) is 0. The van der Waals surface area contributed by atoms with Gasteiger partial charge in [-0.1, -0.05) is 91.0 Å². The summed E-state index contributed by atoms with van der Waals surface area (Å²) in [6.07, 6.45) is 0. The maximum absolute atomic E-state index is 2.36. The summed E-state index contributed by atoms with van der Waals surface area (Å²) in [6, 6.07) is 98.9. The number of hydrogen-bond acceptors (Lipinski definition) is 7. The molecule has 0 amide bonds. The van der Waals surface area contributed by atoms with Crippen LogP contribution >= 0.6 is 34.0 Å². The molecular formula is C69H54N4S3. The van der Waals surface area contributed by atoms with Gasteiger partial charge >= 0.3 is 0 Å². The molecule has 0 aliphatic heterocycles. The standard InChI is InChI=1S/C69H54N4S3/c1-49-19-46-67(74-49)52-22-28-58(29-23-52)70(55-13-7-4-8-14-55)61-34-40-64(41-35-61)73(65-42-36-62(37-43-65)71(56-15-9-5-10-16-56)59-30-24-53(25-31-59)68-47-20-50(2)75-68)66-44-38-63(39-45-66)72(57-17-11-6-12-18-57)60-32-26-54(27-33-60)69-48-21-51(3)76-69/h4-48H,1-3H3. The molecule has 0 spiro atoms. The highest BCUT2D eigenvalue weighted by Gasteiger charge is 2.20. The van der Waals surface area contributed by atoms with Crippen LogP contribution in [-0.4, -0.2) is 0 Å². The van der Waals surface area contributed by atoms with Crippen LogP contribution in [0.5, 0.6) is 0 Å². The number of hydrogen-bond donors (Lipinski definition) is 0. The third kappa shape index (κ3) is 10.2. The predicted molar refractivity (Wildman–Crippen MR) is 329 cm³/mol. The lowest BCUT2D eigenvalue weighted by Gasteiger charge is -2.30. The van der Waals surface area contributed by atoms with Crippen LogP contribution in [-0.2, 0) is 0 Å². The highest BCUT2D eigenvalue weighted by atomic mass is 32.1. The van der Waals surface area contributed by atoms with Gasteiger partial charge in [0, 0.05) is 97.5 Å². The molecule has 3 aromatic heterocycles. The number of benzene rings is 9. The second-order valence-electron chi connectivity index (χ2n) is 18.8. The molecule has 0 saturated carbocycles. The van der Waals surface area contributed by atoms with E-state index in [-0.39, 0.29) is 0 Å². The highest BCUT2D eigenvalue weighted by Crippen LogP contribution is 2.44. The zero-order valence-electron chi connectivity index (χ0n) is 42.5. The molecule has 0 fully saturated rings. The molecule has 12 aromatic rings. The Labute approximate surface area is 458 Å². The quantitative estimate of drug-likeness (QED) is 0.101. The molecule has 0 atom stereocenters. The number of aryl methyl sites for hydroxylation is 3. The molecule has 0 saturated heterocycles. The Bertz CT molecular complexity index is 3400. The number of nitrogens with zero attached hydrogens (tertiary/aromatic N) is 4. The van der Waals surface area contributed by atoms with E-state index in [1.54, 1.807) is 0 Å². The van der Waals surface area contributed by atoms with Crippen LogP contribution in [0.15, 0.2) is 273 Å². The Morgan fingerprint density at radius 1 is 0.184 bits per heavy atom. The molecular weight excluding hydrogens is 981 g/mol. The van der Waals surface area contributed by atoms with Crippen LogP contribution in [0.4, 0.5) is 68.2 Å². The van der Waals surface area contributed by atoms with Crippen molar-refractivity contribution in [3.05, 3.63) is 288 Å². The van der Waals surface area contributed by atoms with E-state index >= 15 is 0 Å². The molecule has 0 bridgehead atoms. The minimum absolute atomic E-state index is 1.04. The van der Waals surface area contributed by atoms with Gasteiger partial charge in [-0.05, 0) is 219 Å². The van der Waals surface area contributed by atoms with E-state index in [0.717, 1.165) is 68.2 Å². The smallest absolute Gasteiger partial charge is 0.0463 e. The summed E-state index contributed by atoms with van der Waals surface area (Å²) in [5.41, 5.74) is 16.6. The number of rotatable bonds is 15. The van der Waals surface area contributed by atoms with E-state index in [1.807, 2.05) is 34.0 Å². The van der Waals surface area contributed by atoms with Crippen LogP contribution in [0.2, 0.25) is 0 Å². The molecule has 0 aliphatic rings. The van der Waals surface area contributed by atoms with Crippen molar-refractivity contribution in [1.82, 2.24) is 0 Å². The number of thiophene rings is 3. The van der Waals surface area contributed by atoms with Crippen molar-refractivity contribution < 1.29 is 0 Å². The second-order valence-corrected chi connectivity index (χ2v) is 22.6. The molecule has 0 radical (unpaired) electrons. The lowest BCUT2D eigenvalue weighted by Crippen LogP contribution is -2.13. The van der Waals surface area contributed by atoms with Crippen LogP contribution < -0.4 is 19.6 Å². The SMILES string of the molecule is Cc1ccc(-c2ccc(N(c3ccccc3)c3ccc(N(c4ccc(N(c5ccccc5)c5ccc(-c6ccc(C)s6)cc5)cc4)c4ccc(N(c5ccccc5)c5ccc(-c6ccc(C)s6)cc5)cc4)cc3)cc2)s1. The van der Waals surface area contributed by atoms with Crippen molar-refractivity contribution in [1.29, 1.82) is 0 Å². The van der Waals surface area contributed by atoms with Gasteiger partial charge in [-0.2, -0.15) is 0 Å². The average Bonchev–Trinajstić information content (AvgIpc) is 4.26. The van der Waals surface area contributed by atoms with Gasteiger partial charge in [-0.25, -0.2) is 0 Å². The van der Waals surface area contributed by atoms with Crippen molar-refractivity contribution in [3.63, 3.8) is 0 Å².